The number of rotatable bonds is 3. The molecule has 1 aliphatic heterocycles. The second-order valence-electron chi connectivity index (χ2n) is 3.43. The lowest BCUT2D eigenvalue weighted by atomic mass is 9.76. The minimum absolute atomic E-state index is 0.297. The molecule has 13 heavy (non-hydrogen) atoms. The van der Waals surface area contributed by atoms with Gasteiger partial charge in [0, 0.05) is 12.5 Å². The fourth-order valence-electron chi connectivity index (χ4n) is 1.47. The van der Waals surface area contributed by atoms with E-state index in [1.807, 2.05) is 0 Å². The van der Waals surface area contributed by atoms with E-state index in [-0.39, 0.29) is 5.92 Å². The van der Waals surface area contributed by atoms with Gasteiger partial charge >= 0.3 is 5.97 Å². The van der Waals surface area contributed by atoms with Gasteiger partial charge in [0.2, 0.25) is 5.91 Å². The fraction of sp³-hybridized carbons (Fsp3) is 0.750. The van der Waals surface area contributed by atoms with Crippen molar-refractivity contribution < 1.29 is 19.4 Å². The molecule has 0 radical (unpaired) electrons. The molecule has 0 saturated carbocycles. The van der Waals surface area contributed by atoms with Crippen LogP contribution in [0.25, 0.3) is 0 Å². The molecular formula is C8H13NO4. The van der Waals surface area contributed by atoms with Crippen LogP contribution in [0, 0.1) is 11.3 Å². The van der Waals surface area contributed by atoms with E-state index in [2.05, 4.69) is 0 Å². The molecule has 0 aromatic rings. The maximum absolute atomic E-state index is 11.0. The summed E-state index contributed by atoms with van der Waals surface area (Å²) >= 11 is 0. The van der Waals surface area contributed by atoms with Gasteiger partial charge in [0.1, 0.15) is 5.41 Å². The number of carboxylic acids is 1. The van der Waals surface area contributed by atoms with Gasteiger partial charge in [0.05, 0.1) is 6.61 Å². The van der Waals surface area contributed by atoms with Crippen molar-refractivity contribution in [2.24, 2.45) is 17.1 Å². The molecule has 1 heterocycles. The van der Waals surface area contributed by atoms with Gasteiger partial charge in [-0.1, -0.05) is 0 Å². The standard InChI is InChI=1S/C8H13NO4/c1-8(6(9)10,7(11)12)5-2-3-13-4-5/h5H,2-4H2,1H3,(H2,9,10)(H,11,12). The first-order valence-corrected chi connectivity index (χ1v) is 4.10. The highest BCUT2D eigenvalue weighted by Crippen LogP contribution is 2.33. The molecule has 1 fully saturated rings. The Balaban J connectivity index is 2.89. The summed E-state index contributed by atoms with van der Waals surface area (Å²) in [5.41, 5.74) is 3.59. The lowest BCUT2D eigenvalue weighted by Crippen LogP contribution is -2.47. The summed E-state index contributed by atoms with van der Waals surface area (Å²) in [5, 5.41) is 8.91. The Morgan fingerprint density at radius 2 is 2.23 bits per heavy atom. The largest absolute Gasteiger partial charge is 0.480 e. The predicted molar refractivity (Wildman–Crippen MR) is 43.9 cm³/mol. The molecule has 0 aromatic carbocycles. The van der Waals surface area contributed by atoms with Gasteiger partial charge in [-0.05, 0) is 13.3 Å². The molecule has 1 saturated heterocycles. The zero-order valence-corrected chi connectivity index (χ0v) is 7.45. The maximum Gasteiger partial charge on any atom is 0.319 e. The van der Waals surface area contributed by atoms with E-state index in [0.29, 0.717) is 19.6 Å². The van der Waals surface area contributed by atoms with Crippen molar-refractivity contribution in [3.05, 3.63) is 0 Å². The number of hydrogen-bond acceptors (Lipinski definition) is 3. The summed E-state index contributed by atoms with van der Waals surface area (Å²) in [4.78, 5) is 21.9. The van der Waals surface area contributed by atoms with E-state index in [4.69, 9.17) is 15.6 Å². The van der Waals surface area contributed by atoms with E-state index in [9.17, 15) is 9.59 Å². The van der Waals surface area contributed by atoms with Crippen LogP contribution in [0.2, 0.25) is 0 Å². The predicted octanol–water partition coefficient (Wildman–Crippen LogP) is -0.401. The van der Waals surface area contributed by atoms with Crippen LogP contribution in [-0.4, -0.2) is 30.2 Å². The van der Waals surface area contributed by atoms with Crippen LogP contribution < -0.4 is 5.73 Å². The molecule has 5 heteroatoms. The molecule has 1 amide bonds. The number of amides is 1. The van der Waals surface area contributed by atoms with E-state index in [0.717, 1.165) is 0 Å². The van der Waals surface area contributed by atoms with Gasteiger partial charge in [-0.15, -0.1) is 0 Å². The number of nitrogens with two attached hydrogens (primary N) is 1. The summed E-state index contributed by atoms with van der Waals surface area (Å²) in [6.07, 6.45) is 0.575. The fourth-order valence-corrected chi connectivity index (χ4v) is 1.47. The average molecular weight is 187 g/mol. The molecule has 3 N–H and O–H groups in total. The molecule has 1 rings (SSSR count). The van der Waals surface area contributed by atoms with Gasteiger partial charge in [-0.25, -0.2) is 0 Å². The molecule has 2 atom stereocenters. The summed E-state index contributed by atoms with van der Waals surface area (Å²) in [7, 11) is 0. The number of hydrogen-bond donors (Lipinski definition) is 2. The monoisotopic (exact) mass is 187 g/mol. The van der Waals surface area contributed by atoms with E-state index >= 15 is 0 Å². The summed E-state index contributed by atoms with van der Waals surface area (Å²) in [6, 6.07) is 0. The summed E-state index contributed by atoms with van der Waals surface area (Å²) in [5.74, 6) is -2.27. The normalized spacial score (nSPS) is 26.7. The molecule has 0 aromatic heterocycles. The lowest BCUT2D eigenvalue weighted by Gasteiger charge is -2.26. The number of carboxylic acid groups (broad SMARTS) is 1. The third-order valence-corrected chi connectivity index (χ3v) is 2.70. The van der Waals surface area contributed by atoms with Crippen molar-refractivity contribution in [3.63, 3.8) is 0 Å². The smallest absolute Gasteiger partial charge is 0.319 e. The minimum atomic E-state index is -1.49. The Kier molecular flexibility index (Phi) is 2.56. The number of carbonyl (C=O) groups is 2. The van der Waals surface area contributed by atoms with E-state index in [1.54, 1.807) is 0 Å². The average Bonchev–Trinajstić information content (AvgIpc) is 2.54. The Labute approximate surface area is 75.9 Å². The molecule has 0 aliphatic carbocycles. The van der Waals surface area contributed by atoms with Gasteiger partial charge in [0.25, 0.3) is 0 Å². The maximum atomic E-state index is 11.0. The van der Waals surface area contributed by atoms with Crippen molar-refractivity contribution >= 4 is 11.9 Å². The van der Waals surface area contributed by atoms with Crippen molar-refractivity contribution in [2.75, 3.05) is 13.2 Å². The first-order valence-electron chi connectivity index (χ1n) is 4.10. The number of ether oxygens (including phenoxy) is 1. The van der Waals surface area contributed by atoms with Gasteiger partial charge in [-0.2, -0.15) is 0 Å². The Morgan fingerprint density at radius 3 is 2.54 bits per heavy atom. The van der Waals surface area contributed by atoms with Gasteiger partial charge in [-0.3, -0.25) is 9.59 Å². The van der Waals surface area contributed by atoms with Crippen molar-refractivity contribution in [1.29, 1.82) is 0 Å². The highest BCUT2D eigenvalue weighted by atomic mass is 16.5. The quantitative estimate of drug-likeness (QED) is 0.588. The number of aliphatic carboxylic acids is 1. The second kappa shape index (κ2) is 3.33. The highest BCUT2D eigenvalue weighted by Gasteiger charge is 2.48. The number of carbonyl (C=O) groups excluding carboxylic acids is 1. The zero-order chi connectivity index (χ0) is 10.1. The molecule has 5 nitrogen and oxygen atoms in total. The van der Waals surface area contributed by atoms with Crippen LogP contribution in [0.3, 0.4) is 0 Å². The van der Waals surface area contributed by atoms with Crippen LogP contribution in [0.5, 0.6) is 0 Å². The summed E-state index contributed by atoms with van der Waals surface area (Å²) in [6.45, 7) is 2.16. The minimum Gasteiger partial charge on any atom is -0.480 e. The van der Waals surface area contributed by atoms with Crippen molar-refractivity contribution in [1.82, 2.24) is 0 Å². The molecule has 74 valence electrons. The van der Waals surface area contributed by atoms with Crippen LogP contribution in [0.15, 0.2) is 0 Å². The molecule has 1 aliphatic rings. The first kappa shape index (κ1) is 9.98. The highest BCUT2D eigenvalue weighted by molar-refractivity contribution is 6.01. The van der Waals surface area contributed by atoms with Crippen LogP contribution >= 0.6 is 0 Å². The SMILES string of the molecule is CC(C(N)=O)(C(=O)O)C1CCOC1. The number of primary amides is 1. The van der Waals surface area contributed by atoms with E-state index in [1.165, 1.54) is 6.92 Å². The molecular weight excluding hydrogens is 174 g/mol. The Hall–Kier alpha value is -1.10. The molecule has 0 bridgehead atoms. The zero-order valence-electron chi connectivity index (χ0n) is 7.45. The first-order chi connectivity index (χ1) is 5.99. The van der Waals surface area contributed by atoms with E-state index < -0.39 is 17.3 Å². The molecule has 0 spiro atoms. The topological polar surface area (TPSA) is 89.6 Å². The van der Waals surface area contributed by atoms with Crippen LogP contribution in [0.4, 0.5) is 0 Å². The van der Waals surface area contributed by atoms with Crippen molar-refractivity contribution in [2.45, 2.75) is 13.3 Å². The third kappa shape index (κ3) is 1.51. The Bertz CT molecular complexity index is 218. The molecule has 2 unspecified atom stereocenters. The Morgan fingerprint density at radius 1 is 1.62 bits per heavy atom. The van der Waals surface area contributed by atoms with Crippen LogP contribution in [-0.2, 0) is 14.3 Å². The second-order valence-corrected chi connectivity index (χ2v) is 3.43. The third-order valence-electron chi connectivity index (χ3n) is 2.70. The van der Waals surface area contributed by atoms with Crippen LogP contribution in [0.1, 0.15) is 13.3 Å². The van der Waals surface area contributed by atoms with Crippen molar-refractivity contribution in [3.8, 4) is 0 Å². The summed E-state index contributed by atoms with van der Waals surface area (Å²) < 4.78 is 5.03. The van der Waals surface area contributed by atoms with Gasteiger partial charge in [0.15, 0.2) is 0 Å². The lowest BCUT2D eigenvalue weighted by molar-refractivity contribution is -0.157. The van der Waals surface area contributed by atoms with Gasteiger partial charge < -0.3 is 15.6 Å².